The highest BCUT2D eigenvalue weighted by Gasteiger charge is 2.19. The maximum atomic E-state index is 11.7. The Morgan fingerprint density at radius 1 is 1.53 bits per heavy atom. The van der Waals surface area contributed by atoms with Crippen LogP contribution in [0.15, 0.2) is 0 Å². The molecule has 1 aliphatic heterocycles. The molecule has 0 radical (unpaired) electrons. The molecule has 0 saturated carbocycles. The summed E-state index contributed by atoms with van der Waals surface area (Å²) in [5.74, 6) is 0.130. The van der Waals surface area contributed by atoms with Crippen molar-refractivity contribution in [3.63, 3.8) is 0 Å². The van der Waals surface area contributed by atoms with E-state index in [0.717, 1.165) is 32.3 Å². The van der Waals surface area contributed by atoms with Gasteiger partial charge in [-0.1, -0.05) is 13.8 Å². The van der Waals surface area contributed by atoms with E-state index in [0.29, 0.717) is 25.6 Å². The van der Waals surface area contributed by atoms with Crippen LogP contribution in [0.2, 0.25) is 0 Å². The molecule has 1 atom stereocenters. The number of hydrogen-bond donors (Lipinski definition) is 2. The van der Waals surface area contributed by atoms with E-state index in [2.05, 4.69) is 19.2 Å². The Bertz CT molecular complexity index is 236. The topological polar surface area (TPSA) is 64.3 Å². The summed E-state index contributed by atoms with van der Waals surface area (Å²) in [4.78, 5) is 11.7. The van der Waals surface area contributed by atoms with Crippen molar-refractivity contribution in [2.24, 2.45) is 11.1 Å². The Morgan fingerprint density at radius 2 is 2.29 bits per heavy atom. The molecule has 1 saturated heterocycles. The van der Waals surface area contributed by atoms with Crippen molar-refractivity contribution in [3.05, 3.63) is 0 Å². The first-order chi connectivity index (χ1) is 8.03. The maximum absolute atomic E-state index is 11.7. The smallest absolute Gasteiger partial charge is 0.220 e. The highest BCUT2D eigenvalue weighted by Crippen LogP contribution is 2.18. The summed E-state index contributed by atoms with van der Waals surface area (Å²) in [6.45, 7) is 6.48. The Hall–Kier alpha value is -0.610. The van der Waals surface area contributed by atoms with Gasteiger partial charge in [0.25, 0.3) is 0 Å². The fraction of sp³-hybridized carbons (Fsp3) is 0.923. The zero-order chi connectivity index (χ0) is 12.7. The fourth-order valence-corrected chi connectivity index (χ4v) is 2.07. The van der Waals surface area contributed by atoms with Crippen LogP contribution in [-0.4, -0.2) is 31.7 Å². The minimum Gasteiger partial charge on any atom is -0.378 e. The molecule has 0 spiro atoms. The molecule has 4 nitrogen and oxygen atoms in total. The second kappa shape index (κ2) is 6.97. The molecule has 1 rings (SSSR count). The number of ether oxygens (including phenoxy) is 1. The van der Waals surface area contributed by atoms with Crippen molar-refractivity contribution in [3.8, 4) is 0 Å². The second-order valence-electron chi connectivity index (χ2n) is 5.65. The molecule has 1 unspecified atom stereocenters. The van der Waals surface area contributed by atoms with Crippen LogP contribution < -0.4 is 11.1 Å². The predicted molar refractivity (Wildman–Crippen MR) is 68.7 cm³/mol. The number of hydrogen-bond acceptors (Lipinski definition) is 3. The quantitative estimate of drug-likeness (QED) is 0.710. The van der Waals surface area contributed by atoms with Gasteiger partial charge in [-0.3, -0.25) is 4.79 Å². The van der Waals surface area contributed by atoms with Gasteiger partial charge in [0.15, 0.2) is 0 Å². The SMILES string of the molecule is CC(C)(CCN)CNC(=O)CCC1CCCO1. The molecule has 4 heteroatoms. The van der Waals surface area contributed by atoms with Crippen LogP contribution in [0, 0.1) is 5.41 Å². The van der Waals surface area contributed by atoms with Gasteiger partial charge in [-0.25, -0.2) is 0 Å². The van der Waals surface area contributed by atoms with Crippen molar-refractivity contribution in [1.29, 1.82) is 0 Å². The normalized spacial score (nSPS) is 20.5. The standard InChI is InChI=1S/C13H26N2O2/c1-13(2,7-8-14)10-15-12(16)6-5-11-4-3-9-17-11/h11H,3-10,14H2,1-2H3,(H,15,16). The van der Waals surface area contributed by atoms with Crippen LogP contribution in [0.4, 0.5) is 0 Å². The summed E-state index contributed by atoms with van der Waals surface area (Å²) >= 11 is 0. The van der Waals surface area contributed by atoms with Crippen LogP contribution in [0.25, 0.3) is 0 Å². The molecule has 1 amide bonds. The first-order valence-corrected chi connectivity index (χ1v) is 6.62. The largest absolute Gasteiger partial charge is 0.378 e. The van der Waals surface area contributed by atoms with Gasteiger partial charge in [-0.05, 0) is 37.6 Å². The summed E-state index contributed by atoms with van der Waals surface area (Å²) in [5.41, 5.74) is 5.62. The lowest BCUT2D eigenvalue weighted by Gasteiger charge is -2.24. The predicted octanol–water partition coefficient (Wildman–Crippen LogP) is 1.44. The van der Waals surface area contributed by atoms with Gasteiger partial charge in [-0.15, -0.1) is 0 Å². The molecule has 1 heterocycles. The first-order valence-electron chi connectivity index (χ1n) is 6.62. The second-order valence-corrected chi connectivity index (χ2v) is 5.65. The Labute approximate surface area is 104 Å². The van der Waals surface area contributed by atoms with E-state index in [1.54, 1.807) is 0 Å². The molecule has 0 bridgehead atoms. The van der Waals surface area contributed by atoms with Crippen LogP contribution >= 0.6 is 0 Å². The third-order valence-electron chi connectivity index (χ3n) is 3.30. The van der Waals surface area contributed by atoms with E-state index in [1.807, 2.05) is 0 Å². The average Bonchev–Trinajstić information content (AvgIpc) is 2.76. The molecular weight excluding hydrogens is 216 g/mol. The summed E-state index contributed by atoms with van der Waals surface area (Å²) in [6, 6.07) is 0. The van der Waals surface area contributed by atoms with E-state index >= 15 is 0 Å². The molecule has 1 fully saturated rings. The molecule has 1 aliphatic rings. The van der Waals surface area contributed by atoms with Crippen molar-refractivity contribution in [1.82, 2.24) is 5.32 Å². The van der Waals surface area contributed by atoms with Crippen LogP contribution in [0.1, 0.15) is 46.0 Å². The monoisotopic (exact) mass is 242 g/mol. The van der Waals surface area contributed by atoms with Gasteiger partial charge in [0.1, 0.15) is 0 Å². The van der Waals surface area contributed by atoms with E-state index in [-0.39, 0.29) is 11.3 Å². The lowest BCUT2D eigenvalue weighted by molar-refractivity contribution is -0.122. The zero-order valence-corrected chi connectivity index (χ0v) is 11.1. The van der Waals surface area contributed by atoms with Gasteiger partial charge in [0.2, 0.25) is 5.91 Å². The van der Waals surface area contributed by atoms with Crippen LogP contribution in [0.5, 0.6) is 0 Å². The Kier molecular flexibility index (Phi) is 5.92. The van der Waals surface area contributed by atoms with Gasteiger partial charge < -0.3 is 15.8 Å². The molecule has 100 valence electrons. The van der Waals surface area contributed by atoms with Crippen molar-refractivity contribution >= 4 is 5.91 Å². The summed E-state index contributed by atoms with van der Waals surface area (Å²) in [5, 5.41) is 2.98. The lowest BCUT2D eigenvalue weighted by Crippen LogP contribution is -2.35. The number of nitrogens with two attached hydrogens (primary N) is 1. The third kappa shape index (κ3) is 6.03. The minimum atomic E-state index is 0.0915. The van der Waals surface area contributed by atoms with Crippen molar-refractivity contribution < 1.29 is 9.53 Å². The first kappa shape index (κ1) is 14.5. The number of carbonyl (C=O) groups excluding carboxylic acids is 1. The van der Waals surface area contributed by atoms with Crippen LogP contribution in [0.3, 0.4) is 0 Å². The molecule has 0 aromatic heterocycles. The van der Waals surface area contributed by atoms with Gasteiger partial charge in [0, 0.05) is 19.6 Å². The molecule has 0 aliphatic carbocycles. The van der Waals surface area contributed by atoms with Crippen molar-refractivity contribution in [2.45, 2.75) is 52.1 Å². The van der Waals surface area contributed by atoms with E-state index < -0.39 is 0 Å². The number of carbonyl (C=O) groups is 1. The van der Waals surface area contributed by atoms with Crippen LogP contribution in [-0.2, 0) is 9.53 Å². The summed E-state index contributed by atoms with van der Waals surface area (Å²) < 4.78 is 5.49. The summed E-state index contributed by atoms with van der Waals surface area (Å²) in [7, 11) is 0. The molecule has 17 heavy (non-hydrogen) atoms. The number of nitrogens with one attached hydrogen (secondary N) is 1. The third-order valence-corrected chi connectivity index (χ3v) is 3.30. The fourth-order valence-electron chi connectivity index (χ4n) is 2.07. The average molecular weight is 242 g/mol. The number of rotatable bonds is 7. The molecule has 0 aromatic carbocycles. The minimum absolute atomic E-state index is 0.0915. The molecular formula is C13H26N2O2. The molecule has 0 aromatic rings. The lowest BCUT2D eigenvalue weighted by atomic mass is 9.89. The van der Waals surface area contributed by atoms with Gasteiger partial charge >= 0.3 is 0 Å². The van der Waals surface area contributed by atoms with E-state index in [1.165, 1.54) is 0 Å². The Balaban J connectivity index is 2.11. The maximum Gasteiger partial charge on any atom is 0.220 e. The van der Waals surface area contributed by atoms with Gasteiger partial charge in [0.05, 0.1) is 6.10 Å². The highest BCUT2D eigenvalue weighted by molar-refractivity contribution is 5.75. The van der Waals surface area contributed by atoms with E-state index in [4.69, 9.17) is 10.5 Å². The van der Waals surface area contributed by atoms with Gasteiger partial charge in [-0.2, -0.15) is 0 Å². The number of amides is 1. The van der Waals surface area contributed by atoms with Crippen molar-refractivity contribution in [2.75, 3.05) is 19.7 Å². The zero-order valence-electron chi connectivity index (χ0n) is 11.1. The highest BCUT2D eigenvalue weighted by atomic mass is 16.5. The van der Waals surface area contributed by atoms with E-state index in [9.17, 15) is 4.79 Å². The Morgan fingerprint density at radius 3 is 2.88 bits per heavy atom. The molecule has 3 N–H and O–H groups in total. The summed E-state index contributed by atoms with van der Waals surface area (Å²) in [6.07, 6.45) is 4.89.